The van der Waals surface area contributed by atoms with Crippen LogP contribution in [0.25, 0.3) is 0 Å². The summed E-state index contributed by atoms with van der Waals surface area (Å²) in [6.07, 6.45) is 0.343. The van der Waals surface area contributed by atoms with Gasteiger partial charge in [0.15, 0.2) is 0 Å². The van der Waals surface area contributed by atoms with Gasteiger partial charge in [-0.05, 0) is 30.5 Å². The highest BCUT2D eigenvalue weighted by atomic mass is 19.1. The van der Waals surface area contributed by atoms with E-state index >= 15 is 0 Å². The fourth-order valence-corrected chi connectivity index (χ4v) is 2.59. The van der Waals surface area contributed by atoms with Crippen molar-refractivity contribution in [3.05, 3.63) is 59.3 Å². The Balaban J connectivity index is 1.49. The number of rotatable bonds is 6. The summed E-state index contributed by atoms with van der Waals surface area (Å²) in [7, 11) is 0. The minimum Gasteiger partial charge on any atom is -0.464 e. The minimum absolute atomic E-state index is 0.288. The number of nitrogens with one attached hydrogen (secondary N) is 1. The molecule has 0 bridgehead atoms. The van der Waals surface area contributed by atoms with Gasteiger partial charge >= 0.3 is 0 Å². The van der Waals surface area contributed by atoms with Crippen molar-refractivity contribution in [3.63, 3.8) is 0 Å². The third-order valence-corrected chi connectivity index (χ3v) is 4.06. The second kappa shape index (κ2) is 6.00. The lowest BCUT2D eigenvalue weighted by atomic mass is 10.1. The molecule has 2 aromatic rings. The topological polar surface area (TPSA) is 45.4 Å². The number of furan rings is 1. The van der Waals surface area contributed by atoms with Gasteiger partial charge in [0.2, 0.25) is 0 Å². The first-order valence-electron chi connectivity index (χ1n) is 7.37. The first kappa shape index (κ1) is 14.3. The van der Waals surface area contributed by atoms with E-state index in [4.69, 9.17) is 4.42 Å². The van der Waals surface area contributed by atoms with Crippen molar-refractivity contribution in [3.8, 4) is 0 Å². The molecule has 3 atom stereocenters. The molecule has 2 N–H and O–H groups in total. The average molecular weight is 289 g/mol. The SMILES string of the molecule is CC1CC1c1ccc(CNCC(O)c2ccccc2F)o1. The molecular weight excluding hydrogens is 269 g/mol. The van der Waals surface area contributed by atoms with Crippen LogP contribution in [0.2, 0.25) is 0 Å². The average Bonchev–Trinajstić information content (AvgIpc) is 3.01. The Morgan fingerprint density at radius 3 is 2.81 bits per heavy atom. The van der Waals surface area contributed by atoms with Crippen LogP contribution in [-0.2, 0) is 6.54 Å². The molecule has 1 fully saturated rings. The monoisotopic (exact) mass is 289 g/mol. The molecule has 1 aromatic carbocycles. The molecule has 0 saturated heterocycles. The third kappa shape index (κ3) is 3.34. The molecule has 3 rings (SSSR count). The number of benzene rings is 1. The van der Waals surface area contributed by atoms with Crippen molar-refractivity contribution in [2.45, 2.75) is 31.9 Å². The zero-order valence-electron chi connectivity index (χ0n) is 12.1. The standard InChI is InChI=1S/C17H20FNO2/c1-11-8-14(11)17-7-6-12(21-17)9-19-10-16(20)13-4-2-3-5-15(13)18/h2-7,11,14,16,19-20H,8-10H2,1H3. The van der Waals surface area contributed by atoms with Crippen LogP contribution in [0.15, 0.2) is 40.8 Å². The number of hydrogen-bond acceptors (Lipinski definition) is 3. The van der Waals surface area contributed by atoms with Gasteiger partial charge in [0.25, 0.3) is 0 Å². The van der Waals surface area contributed by atoms with E-state index in [2.05, 4.69) is 12.2 Å². The van der Waals surface area contributed by atoms with E-state index in [0.29, 0.717) is 18.0 Å². The highest BCUT2D eigenvalue weighted by Gasteiger charge is 2.36. The van der Waals surface area contributed by atoms with E-state index in [9.17, 15) is 9.50 Å². The Morgan fingerprint density at radius 2 is 2.10 bits per heavy atom. The van der Waals surface area contributed by atoms with Crippen molar-refractivity contribution in [1.82, 2.24) is 5.32 Å². The maximum Gasteiger partial charge on any atom is 0.129 e. The first-order valence-corrected chi connectivity index (χ1v) is 7.37. The number of hydrogen-bond donors (Lipinski definition) is 2. The smallest absolute Gasteiger partial charge is 0.129 e. The lowest BCUT2D eigenvalue weighted by Crippen LogP contribution is -2.21. The Kier molecular flexibility index (Phi) is 4.08. The Morgan fingerprint density at radius 1 is 1.33 bits per heavy atom. The van der Waals surface area contributed by atoms with Gasteiger partial charge in [-0.1, -0.05) is 25.1 Å². The van der Waals surface area contributed by atoms with Crippen LogP contribution in [0.4, 0.5) is 4.39 Å². The summed E-state index contributed by atoms with van der Waals surface area (Å²) in [5.74, 6) is 2.82. The largest absolute Gasteiger partial charge is 0.464 e. The van der Waals surface area contributed by atoms with Crippen LogP contribution in [0, 0.1) is 11.7 Å². The summed E-state index contributed by atoms with van der Waals surface area (Å²) in [5, 5.41) is 13.1. The van der Waals surface area contributed by atoms with Crippen molar-refractivity contribution in [2.75, 3.05) is 6.54 Å². The summed E-state index contributed by atoms with van der Waals surface area (Å²) in [6, 6.07) is 10.3. The fourth-order valence-electron chi connectivity index (χ4n) is 2.59. The third-order valence-electron chi connectivity index (χ3n) is 4.06. The molecule has 21 heavy (non-hydrogen) atoms. The van der Waals surface area contributed by atoms with Crippen LogP contribution in [-0.4, -0.2) is 11.7 Å². The van der Waals surface area contributed by atoms with Gasteiger partial charge in [-0.3, -0.25) is 0 Å². The molecule has 1 aliphatic carbocycles. The molecule has 1 aliphatic rings. The van der Waals surface area contributed by atoms with Crippen molar-refractivity contribution < 1.29 is 13.9 Å². The molecule has 0 aliphatic heterocycles. The van der Waals surface area contributed by atoms with Crippen molar-refractivity contribution >= 4 is 0 Å². The quantitative estimate of drug-likeness (QED) is 0.857. The summed E-state index contributed by atoms with van der Waals surface area (Å²) in [5.41, 5.74) is 0.317. The van der Waals surface area contributed by atoms with Crippen LogP contribution >= 0.6 is 0 Å². The maximum atomic E-state index is 13.5. The number of aliphatic hydroxyl groups is 1. The van der Waals surface area contributed by atoms with E-state index in [1.807, 2.05) is 12.1 Å². The van der Waals surface area contributed by atoms with Crippen LogP contribution in [0.5, 0.6) is 0 Å². The molecule has 1 saturated carbocycles. The van der Waals surface area contributed by atoms with Crippen molar-refractivity contribution in [1.29, 1.82) is 0 Å². The van der Waals surface area contributed by atoms with Crippen LogP contribution in [0.1, 0.15) is 42.5 Å². The van der Waals surface area contributed by atoms with E-state index in [0.717, 1.165) is 17.4 Å². The van der Waals surface area contributed by atoms with Gasteiger partial charge in [-0.2, -0.15) is 0 Å². The predicted octanol–water partition coefficient (Wildman–Crippen LogP) is 3.37. The molecule has 112 valence electrons. The van der Waals surface area contributed by atoms with Crippen LogP contribution < -0.4 is 5.32 Å². The van der Waals surface area contributed by atoms with Gasteiger partial charge in [-0.25, -0.2) is 4.39 Å². The maximum absolute atomic E-state index is 13.5. The Labute approximate surface area is 123 Å². The summed E-state index contributed by atoms with van der Waals surface area (Å²) in [6.45, 7) is 3.04. The number of aliphatic hydroxyl groups excluding tert-OH is 1. The van der Waals surface area contributed by atoms with Gasteiger partial charge in [-0.15, -0.1) is 0 Å². The zero-order valence-corrected chi connectivity index (χ0v) is 12.1. The van der Waals surface area contributed by atoms with E-state index < -0.39 is 6.10 Å². The molecule has 3 unspecified atom stereocenters. The number of halogens is 1. The molecule has 1 heterocycles. The minimum atomic E-state index is -0.857. The zero-order chi connectivity index (χ0) is 14.8. The molecule has 0 spiro atoms. The highest BCUT2D eigenvalue weighted by molar-refractivity contribution is 5.20. The Hall–Kier alpha value is -1.65. The van der Waals surface area contributed by atoms with Crippen molar-refractivity contribution in [2.24, 2.45) is 5.92 Å². The second-order valence-electron chi connectivity index (χ2n) is 5.79. The first-order chi connectivity index (χ1) is 10.1. The lowest BCUT2D eigenvalue weighted by Gasteiger charge is -2.12. The van der Waals surface area contributed by atoms with Gasteiger partial charge in [0, 0.05) is 18.0 Å². The molecule has 0 radical (unpaired) electrons. The van der Waals surface area contributed by atoms with Gasteiger partial charge in [0.1, 0.15) is 17.3 Å². The van der Waals surface area contributed by atoms with E-state index in [-0.39, 0.29) is 12.4 Å². The van der Waals surface area contributed by atoms with Gasteiger partial charge in [0.05, 0.1) is 12.6 Å². The predicted molar refractivity (Wildman–Crippen MR) is 78.3 cm³/mol. The molecular formula is C17H20FNO2. The van der Waals surface area contributed by atoms with Crippen LogP contribution in [0.3, 0.4) is 0 Å². The normalized spacial score (nSPS) is 22.2. The highest BCUT2D eigenvalue weighted by Crippen LogP contribution is 2.47. The molecule has 1 aromatic heterocycles. The lowest BCUT2D eigenvalue weighted by molar-refractivity contribution is 0.168. The Bertz CT molecular complexity index is 610. The second-order valence-corrected chi connectivity index (χ2v) is 5.79. The summed E-state index contributed by atoms with van der Waals surface area (Å²) >= 11 is 0. The van der Waals surface area contributed by atoms with E-state index in [1.165, 1.54) is 12.5 Å². The van der Waals surface area contributed by atoms with E-state index in [1.54, 1.807) is 18.2 Å². The fraction of sp³-hybridized carbons (Fsp3) is 0.412. The summed E-state index contributed by atoms with van der Waals surface area (Å²) < 4.78 is 19.3. The molecule has 0 amide bonds. The van der Waals surface area contributed by atoms with Gasteiger partial charge < -0.3 is 14.8 Å². The molecule has 3 nitrogen and oxygen atoms in total. The summed E-state index contributed by atoms with van der Waals surface area (Å²) in [4.78, 5) is 0. The molecule has 4 heteroatoms.